The van der Waals surface area contributed by atoms with Gasteiger partial charge in [0, 0.05) is 18.2 Å². The molecule has 0 spiro atoms. The Labute approximate surface area is 90.4 Å². The third-order valence-corrected chi connectivity index (χ3v) is 2.01. The largest absolute Gasteiger partial charge is 0.375 e. The van der Waals surface area contributed by atoms with Crippen molar-refractivity contribution in [1.29, 1.82) is 0 Å². The van der Waals surface area contributed by atoms with Crippen LogP contribution < -0.4 is 5.32 Å². The lowest BCUT2D eigenvalue weighted by Gasteiger charge is -2.08. The number of halogens is 1. The highest BCUT2D eigenvalue weighted by Crippen LogP contribution is 2.06. The Morgan fingerprint density at radius 2 is 2.07 bits per heavy atom. The molecule has 0 radical (unpaired) electrons. The minimum atomic E-state index is -0.200. The van der Waals surface area contributed by atoms with Crippen LogP contribution in [0.3, 0.4) is 0 Å². The van der Waals surface area contributed by atoms with E-state index in [4.69, 9.17) is 4.74 Å². The number of benzene rings is 1. The molecule has 0 aliphatic rings. The lowest BCUT2D eigenvalue weighted by atomic mass is 10.2. The highest BCUT2D eigenvalue weighted by atomic mass is 19.1. The predicted molar refractivity (Wildman–Crippen MR) is 59.2 cm³/mol. The van der Waals surface area contributed by atoms with Crippen LogP contribution in [0.5, 0.6) is 0 Å². The molecule has 84 valence electrons. The Bertz CT molecular complexity index is 289. The van der Waals surface area contributed by atoms with Crippen LogP contribution in [0, 0.1) is 5.82 Å². The maximum Gasteiger partial charge on any atom is 0.128 e. The first-order valence-electron chi connectivity index (χ1n) is 5.24. The van der Waals surface area contributed by atoms with E-state index < -0.39 is 0 Å². The molecule has 0 saturated heterocycles. The summed E-state index contributed by atoms with van der Waals surface area (Å²) < 4.78 is 18.5. The topological polar surface area (TPSA) is 21.3 Å². The molecule has 0 bridgehead atoms. The summed E-state index contributed by atoms with van der Waals surface area (Å²) in [5.74, 6) is -0.200. The van der Waals surface area contributed by atoms with Crippen LogP contribution in [0.2, 0.25) is 0 Å². The van der Waals surface area contributed by atoms with E-state index in [1.54, 1.807) is 12.1 Å². The number of hydrogen-bond donors (Lipinski definition) is 1. The van der Waals surface area contributed by atoms with Crippen LogP contribution in [0.1, 0.15) is 19.4 Å². The zero-order chi connectivity index (χ0) is 11.1. The van der Waals surface area contributed by atoms with Gasteiger partial charge < -0.3 is 10.1 Å². The molecule has 0 atom stereocenters. The molecule has 0 unspecified atom stereocenters. The maximum atomic E-state index is 13.1. The summed E-state index contributed by atoms with van der Waals surface area (Å²) in [4.78, 5) is 0. The predicted octanol–water partition coefficient (Wildman–Crippen LogP) is 2.34. The maximum absolute atomic E-state index is 13.1. The van der Waals surface area contributed by atoms with Crippen LogP contribution in [-0.4, -0.2) is 19.2 Å². The molecule has 0 aliphatic heterocycles. The van der Waals surface area contributed by atoms with E-state index in [-0.39, 0.29) is 5.82 Å². The summed E-state index contributed by atoms with van der Waals surface area (Å²) in [6.45, 7) is 5.90. The zero-order valence-corrected chi connectivity index (χ0v) is 9.29. The molecule has 1 rings (SSSR count). The first-order chi connectivity index (χ1) is 7.20. The molecule has 15 heavy (non-hydrogen) atoms. The minimum absolute atomic E-state index is 0.200. The fourth-order valence-corrected chi connectivity index (χ4v) is 1.22. The van der Waals surface area contributed by atoms with Gasteiger partial charge >= 0.3 is 0 Å². The van der Waals surface area contributed by atoms with E-state index in [0.717, 1.165) is 6.54 Å². The Hall–Kier alpha value is -0.930. The van der Waals surface area contributed by atoms with Crippen molar-refractivity contribution >= 4 is 0 Å². The molecule has 0 saturated carbocycles. The van der Waals surface area contributed by atoms with Crippen LogP contribution in [0.15, 0.2) is 24.3 Å². The number of nitrogens with one attached hydrogen (secondary N) is 1. The fraction of sp³-hybridized carbons (Fsp3) is 0.500. The van der Waals surface area contributed by atoms with Crippen LogP contribution in [0.25, 0.3) is 0 Å². The zero-order valence-electron chi connectivity index (χ0n) is 9.29. The normalized spacial score (nSPS) is 10.9. The van der Waals surface area contributed by atoms with E-state index in [0.29, 0.717) is 24.8 Å². The van der Waals surface area contributed by atoms with Gasteiger partial charge in [-0.05, 0) is 6.07 Å². The van der Waals surface area contributed by atoms with Crippen molar-refractivity contribution < 1.29 is 9.13 Å². The number of hydrogen-bond acceptors (Lipinski definition) is 2. The second-order valence-electron chi connectivity index (χ2n) is 3.75. The third kappa shape index (κ3) is 4.91. The van der Waals surface area contributed by atoms with Gasteiger partial charge in [0.1, 0.15) is 5.82 Å². The van der Waals surface area contributed by atoms with Crippen molar-refractivity contribution in [2.45, 2.75) is 26.5 Å². The number of rotatable bonds is 6. The van der Waals surface area contributed by atoms with Gasteiger partial charge in [-0.1, -0.05) is 32.0 Å². The molecule has 3 heteroatoms. The van der Waals surface area contributed by atoms with Crippen LogP contribution in [-0.2, 0) is 11.3 Å². The smallest absolute Gasteiger partial charge is 0.128 e. The Kier molecular flexibility index (Phi) is 5.29. The highest BCUT2D eigenvalue weighted by molar-refractivity contribution is 5.16. The summed E-state index contributed by atoms with van der Waals surface area (Å²) in [7, 11) is 0. The fourth-order valence-electron chi connectivity index (χ4n) is 1.22. The molecule has 0 aliphatic carbocycles. The van der Waals surface area contributed by atoms with E-state index >= 15 is 0 Å². The summed E-state index contributed by atoms with van der Waals surface area (Å²) in [6.07, 6.45) is 0. The van der Waals surface area contributed by atoms with Crippen molar-refractivity contribution in [1.82, 2.24) is 5.32 Å². The van der Waals surface area contributed by atoms with Gasteiger partial charge in [0.15, 0.2) is 0 Å². The third-order valence-electron chi connectivity index (χ3n) is 2.01. The van der Waals surface area contributed by atoms with Gasteiger partial charge in [0.05, 0.1) is 13.2 Å². The van der Waals surface area contributed by atoms with E-state index in [1.807, 2.05) is 6.07 Å². The first-order valence-corrected chi connectivity index (χ1v) is 5.24. The molecule has 1 aromatic rings. The Morgan fingerprint density at radius 3 is 2.73 bits per heavy atom. The van der Waals surface area contributed by atoms with E-state index in [2.05, 4.69) is 19.2 Å². The molecule has 2 nitrogen and oxygen atoms in total. The highest BCUT2D eigenvalue weighted by Gasteiger charge is 1.99. The summed E-state index contributed by atoms with van der Waals surface area (Å²) >= 11 is 0. The van der Waals surface area contributed by atoms with E-state index in [9.17, 15) is 4.39 Å². The number of ether oxygens (including phenoxy) is 1. The molecule has 0 aromatic heterocycles. The Balaban J connectivity index is 2.18. The molecule has 1 N–H and O–H groups in total. The van der Waals surface area contributed by atoms with Gasteiger partial charge in [-0.25, -0.2) is 4.39 Å². The molecule has 1 aromatic carbocycles. The Morgan fingerprint density at radius 1 is 1.33 bits per heavy atom. The summed E-state index contributed by atoms with van der Waals surface area (Å²) in [6, 6.07) is 7.14. The summed E-state index contributed by atoms with van der Waals surface area (Å²) in [5.41, 5.74) is 0.613. The lowest BCUT2D eigenvalue weighted by Crippen LogP contribution is -2.26. The minimum Gasteiger partial charge on any atom is -0.375 e. The molecular formula is C12H18FNO. The van der Waals surface area contributed by atoms with E-state index in [1.165, 1.54) is 6.07 Å². The van der Waals surface area contributed by atoms with Gasteiger partial charge in [0.2, 0.25) is 0 Å². The molecule has 0 fully saturated rings. The quantitative estimate of drug-likeness (QED) is 0.729. The van der Waals surface area contributed by atoms with Gasteiger partial charge in [0.25, 0.3) is 0 Å². The van der Waals surface area contributed by atoms with Gasteiger partial charge in [-0.2, -0.15) is 0 Å². The monoisotopic (exact) mass is 211 g/mol. The first kappa shape index (κ1) is 12.1. The lowest BCUT2D eigenvalue weighted by molar-refractivity contribution is 0.119. The van der Waals surface area contributed by atoms with Crippen molar-refractivity contribution in [3.63, 3.8) is 0 Å². The van der Waals surface area contributed by atoms with Gasteiger partial charge in [-0.15, -0.1) is 0 Å². The van der Waals surface area contributed by atoms with Crippen molar-refractivity contribution in [2.24, 2.45) is 0 Å². The van der Waals surface area contributed by atoms with Crippen molar-refractivity contribution in [3.05, 3.63) is 35.6 Å². The average molecular weight is 211 g/mol. The molecular weight excluding hydrogens is 193 g/mol. The SMILES string of the molecule is CC(C)NCCOCc1ccccc1F. The second kappa shape index (κ2) is 6.53. The standard InChI is InChI=1S/C12H18FNO/c1-10(2)14-7-8-15-9-11-5-3-4-6-12(11)13/h3-6,10,14H,7-9H2,1-2H3. The van der Waals surface area contributed by atoms with Crippen LogP contribution in [0.4, 0.5) is 4.39 Å². The molecule has 0 amide bonds. The summed E-state index contributed by atoms with van der Waals surface area (Å²) in [5, 5.41) is 3.23. The second-order valence-corrected chi connectivity index (χ2v) is 3.75. The van der Waals surface area contributed by atoms with Crippen molar-refractivity contribution in [3.8, 4) is 0 Å². The van der Waals surface area contributed by atoms with Crippen molar-refractivity contribution in [2.75, 3.05) is 13.2 Å². The average Bonchev–Trinajstić information content (AvgIpc) is 2.20. The van der Waals surface area contributed by atoms with Crippen LogP contribution >= 0.6 is 0 Å². The van der Waals surface area contributed by atoms with Gasteiger partial charge in [-0.3, -0.25) is 0 Å². The molecule has 0 heterocycles.